The first-order chi connectivity index (χ1) is 7.57. The minimum absolute atomic E-state index is 1.10. The normalized spacial score (nSPS) is 11.4. The summed E-state index contributed by atoms with van der Waals surface area (Å²) in [6, 6.07) is 14.8. The molecule has 0 bridgehead atoms. The second-order valence-corrected chi connectivity index (χ2v) is 19.5. The van der Waals surface area contributed by atoms with Gasteiger partial charge in [0.25, 0.3) is 0 Å². The molecule has 82 valence electrons. The van der Waals surface area contributed by atoms with E-state index >= 15 is 0 Å². The van der Waals surface area contributed by atoms with Gasteiger partial charge in [-0.15, -0.1) is 0 Å². The van der Waals surface area contributed by atoms with Crippen LogP contribution in [0.4, 0.5) is 0 Å². The number of pyridine rings is 1. The van der Waals surface area contributed by atoms with Crippen LogP contribution < -0.4 is 3.58 Å². The Morgan fingerprint density at radius 3 is 2.25 bits per heavy atom. The van der Waals surface area contributed by atoms with Crippen LogP contribution in [-0.2, 0) is 0 Å². The zero-order valence-corrected chi connectivity index (χ0v) is 12.9. The molecule has 1 nitrogen and oxygen atoms in total. The first-order valence-electron chi connectivity index (χ1n) is 5.59. The molecule has 0 aliphatic rings. The molecule has 1 aromatic carbocycles. The third-order valence-corrected chi connectivity index (χ3v) is 8.53. The number of nitrogens with zero attached hydrogens (tertiary/aromatic N) is 1. The molecular weight excluding hydrogens is 301 g/mol. The van der Waals surface area contributed by atoms with E-state index in [0.29, 0.717) is 0 Å². The Kier molecular flexibility index (Phi) is 3.33. The van der Waals surface area contributed by atoms with Crippen LogP contribution in [0.25, 0.3) is 11.3 Å². The summed E-state index contributed by atoms with van der Waals surface area (Å²) < 4.78 is 1.53. The van der Waals surface area contributed by atoms with Crippen molar-refractivity contribution in [3.8, 4) is 11.3 Å². The number of aromatic nitrogens is 1. The van der Waals surface area contributed by atoms with Crippen molar-refractivity contribution in [1.82, 2.24) is 4.98 Å². The fourth-order valence-corrected chi connectivity index (χ4v) is 4.93. The third-order valence-electron chi connectivity index (χ3n) is 2.70. The van der Waals surface area contributed by atoms with Crippen molar-refractivity contribution in [3.05, 3.63) is 48.7 Å². The summed E-state index contributed by atoms with van der Waals surface area (Å²) in [5, 5.41) is 0. The van der Waals surface area contributed by atoms with Crippen LogP contribution in [0.3, 0.4) is 0 Å². The average molecular weight is 318 g/mol. The molecule has 0 fully saturated rings. The Morgan fingerprint density at radius 1 is 0.938 bits per heavy atom. The Morgan fingerprint density at radius 2 is 1.62 bits per heavy atom. The molecule has 0 radical (unpaired) electrons. The van der Waals surface area contributed by atoms with E-state index in [4.69, 9.17) is 0 Å². The Hall–Kier alpha value is -0.831. The first-order valence-corrected chi connectivity index (χ1v) is 15.6. The van der Waals surface area contributed by atoms with Gasteiger partial charge in [-0.2, -0.15) is 0 Å². The van der Waals surface area contributed by atoms with Gasteiger partial charge < -0.3 is 0 Å². The molecule has 0 saturated carbocycles. The van der Waals surface area contributed by atoms with E-state index < -0.39 is 18.4 Å². The topological polar surface area (TPSA) is 12.9 Å². The van der Waals surface area contributed by atoms with E-state index in [-0.39, 0.29) is 0 Å². The second kappa shape index (κ2) is 4.58. The first kappa shape index (κ1) is 11.6. The molecular formula is C14H17NSn. The summed E-state index contributed by atoms with van der Waals surface area (Å²) in [4.78, 5) is 11.7. The van der Waals surface area contributed by atoms with Gasteiger partial charge in [-0.3, -0.25) is 0 Å². The second-order valence-electron chi connectivity index (χ2n) is 5.05. The van der Waals surface area contributed by atoms with Crippen molar-refractivity contribution in [2.24, 2.45) is 0 Å². The van der Waals surface area contributed by atoms with Crippen LogP contribution in [0.5, 0.6) is 0 Å². The zero-order valence-electron chi connectivity index (χ0n) is 10.1. The van der Waals surface area contributed by atoms with Gasteiger partial charge in [-0.1, -0.05) is 0 Å². The summed E-state index contributed by atoms with van der Waals surface area (Å²) in [7, 11) is 0. The van der Waals surface area contributed by atoms with E-state index in [1.165, 1.54) is 9.14 Å². The van der Waals surface area contributed by atoms with E-state index in [2.05, 4.69) is 56.2 Å². The van der Waals surface area contributed by atoms with E-state index in [1.54, 1.807) is 0 Å². The molecule has 1 heterocycles. The van der Waals surface area contributed by atoms with Gasteiger partial charge >= 0.3 is 102 Å². The van der Waals surface area contributed by atoms with Gasteiger partial charge in [-0.05, 0) is 0 Å². The molecule has 0 atom stereocenters. The summed E-state index contributed by atoms with van der Waals surface area (Å²) in [5.41, 5.74) is 2.31. The molecule has 2 heteroatoms. The molecule has 0 saturated heterocycles. The predicted octanol–water partition coefficient (Wildman–Crippen LogP) is 3.29. The van der Waals surface area contributed by atoms with Crippen LogP contribution >= 0.6 is 0 Å². The molecule has 0 N–H and O–H groups in total. The van der Waals surface area contributed by atoms with Crippen molar-refractivity contribution in [1.29, 1.82) is 0 Å². The van der Waals surface area contributed by atoms with Gasteiger partial charge in [0.05, 0.1) is 0 Å². The summed E-state index contributed by atoms with van der Waals surface area (Å²) >= 11 is -1.96. The van der Waals surface area contributed by atoms with Crippen LogP contribution in [0.1, 0.15) is 0 Å². The van der Waals surface area contributed by atoms with Crippen LogP contribution in [0.2, 0.25) is 14.8 Å². The van der Waals surface area contributed by atoms with Crippen molar-refractivity contribution < 1.29 is 0 Å². The van der Waals surface area contributed by atoms with Crippen LogP contribution in [0, 0.1) is 0 Å². The predicted molar refractivity (Wildman–Crippen MR) is 72.7 cm³/mol. The summed E-state index contributed by atoms with van der Waals surface area (Å²) in [6.45, 7) is 0. The minimum atomic E-state index is -1.96. The van der Waals surface area contributed by atoms with Gasteiger partial charge in [0.1, 0.15) is 0 Å². The Balaban J connectivity index is 2.45. The Bertz CT molecular complexity index is 472. The summed E-state index contributed by atoms with van der Waals surface area (Å²) in [5.74, 6) is 0. The van der Waals surface area contributed by atoms with Gasteiger partial charge in [0, 0.05) is 0 Å². The quantitative estimate of drug-likeness (QED) is 0.775. The maximum absolute atomic E-state index is 4.46. The monoisotopic (exact) mass is 319 g/mol. The third kappa shape index (κ3) is 2.64. The molecule has 0 unspecified atom stereocenters. The van der Waals surface area contributed by atoms with Crippen LogP contribution in [-0.4, -0.2) is 23.4 Å². The van der Waals surface area contributed by atoms with Crippen molar-refractivity contribution in [2.75, 3.05) is 0 Å². The Labute approximate surface area is 101 Å². The average Bonchev–Trinajstić information content (AvgIpc) is 2.29. The van der Waals surface area contributed by atoms with E-state index in [1.807, 2.05) is 12.3 Å². The molecule has 16 heavy (non-hydrogen) atoms. The molecule has 0 aliphatic carbocycles. The fraction of sp³-hybridized carbons (Fsp3) is 0.214. The number of rotatable bonds is 2. The van der Waals surface area contributed by atoms with E-state index in [9.17, 15) is 0 Å². The van der Waals surface area contributed by atoms with Crippen LogP contribution in [0.15, 0.2) is 48.7 Å². The SMILES string of the molecule is [CH3][Sn]([CH3])([CH3])[c]1ccnc(-c2ccccc2)c1. The van der Waals surface area contributed by atoms with Gasteiger partial charge in [-0.25, -0.2) is 0 Å². The van der Waals surface area contributed by atoms with Gasteiger partial charge in [0.15, 0.2) is 0 Å². The number of hydrogen-bond acceptors (Lipinski definition) is 1. The fourth-order valence-electron chi connectivity index (χ4n) is 1.66. The molecule has 0 amide bonds. The standard InChI is InChI=1S/C11H8N.3CH3.Sn/c1-2-6-10(7-3-1)11-8-4-5-9-12-11;;;;/h1-3,5-9H;3*1H3;. The molecule has 2 rings (SSSR count). The van der Waals surface area contributed by atoms with Crippen molar-refractivity contribution in [2.45, 2.75) is 14.8 Å². The zero-order chi connectivity index (χ0) is 11.6. The van der Waals surface area contributed by atoms with Gasteiger partial charge in [0.2, 0.25) is 0 Å². The summed E-state index contributed by atoms with van der Waals surface area (Å²) in [6.07, 6.45) is 1.94. The molecule has 0 aliphatic heterocycles. The van der Waals surface area contributed by atoms with Crippen molar-refractivity contribution >= 4 is 22.0 Å². The number of hydrogen-bond donors (Lipinski definition) is 0. The molecule has 0 spiro atoms. The maximum atomic E-state index is 4.46. The van der Waals surface area contributed by atoms with Crippen molar-refractivity contribution in [3.63, 3.8) is 0 Å². The molecule has 2 aromatic rings. The number of benzene rings is 1. The molecule has 1 aromatic heterocycles. The van der Waals surface area contributed by atoms with E-state index in [0.717, 1.165) is 5.69 Å².